The minimum atomic E-state index is -3.55. The average Bonchev–Trinajstić information content (AvgIpc) is 2.60. The summed E-state index contributed by atoms with van der Waals surface area (Å²) in [6, 6.07) is 7.06. The van der Waals surface area contributed by atoms with Crippen LogP contribution < -0.4 is 13.9 Å². The number of para-hydroxylation sites is 2. The highest BCUT2D eigenvalue weighted by Gasteiger charge is 2.37. The summed E-state index contributed by atoms with van der Waals surface area (Å²) in [5, 5.41) is 2.61. The SMILES string of the molecule is COCC(=O)NCCN1c2ccccc2N(C)S1(=O)=O. The van der Waals surface area contributed by atoms with Crippen molar-refractivity contribution in [3.05, 3.63) is 24.3 Å². The number of anilines is 2. The van der Waals surface area contributed by atoms with Crippen LogP contribution in [0.3, 0.4) is 0 Å². The fourth-order valence-electron chi connectivity index (χ4n) is 2.05. The fraction of sp³-hybridized carbons (Fsp3) is 0.417. The van der Waals surface area contributed by atoms with Gasteiger partial charge in [-0.25, -0.2) is 4.31 Å². The predicted octanol–water partition coefficient (Wildman–Crippen LogP) is -0.0498. The van der Waals surface area contributed by atoms with Crippen molar-refractivity contribution < 1.29 is 17.9 Å². The maximum absolute atomic E-state index is 12.3. The van der Waals surface area contributed by atoms with E-state index in [9.17, 15) is 13.2 Å². The molecule has 1 amide bonds. The Morgan fingerprint density at radius 1 is 1.30 bits per heavy atom. The van der Waals surface area contributed by atoms with Gasteiger partial charge >= 0.3 is 10.2 Å². The maximum Gasteiger partial charge on any atom is 0.326 e. The van der Waals surface area contributed by atoms with Gasteiger partial charge in [0, 0.05) is 20.7 Å². The zero-order valence-corrected chi connectivity index (χ0v) is 12.2. The van der Waals surface area contributed by atoms with Crippen molar-refractivity contribution in [2.24, 2.45) is 0 Å². The molecule has 0 fully saturated rings. The Bertz CT molecular complexity index is 602. The van der Waals surface area contributed by atoms with Gasteiger partial charge in [-0.15, -0.1) is 0 Å². The lowest BCUT2D eigenvalue weighted by Crippen LogP contribution is -2.41. The van der Waals surface area contributed by atoms with Crippen LogP contribution in [-0.2, 0) is 19.7 Å². The molecule has 0 saturated carbocycles. The fourth-order valence-corrected chi connectivity index (χ4v) is 3.48. The lowest BCUT2D eigenvalue weighted by atomic mass is 10.2. The highest BCUT2D eigenvalue weighted by Crippen LogP contribution is 2.38. The first kappa shape index (κ1) is 14.6. The van der Waals surface area contributed by atoms with E-state index < -0.39 is 10.2 Å². The molecule has 110 valence electrons. The van der Waals surface area contributed by atoms with Crippen molar-refractivity contribution >= 4 is 27.5 Å². The van der Waals surface area contributed by atoms with Crippen LogP contribution in [0.1, 0.15) is 0 Å². The Kier molecular flexibility index (Phi) is 4.15. The van der Waals surface area contributed by atoms with Gasteiger partial charge in [-0.05, 0) is 12.1 Å². The first-order valence-electron chi connectivity index (χ1n) is 6.09. The summed E-state index contributed by atoms with van der Waals surface area (Å²) < 4.78 is 31.7. The third-order valence-corrected chi connectivity index (χ3v) is 4.85. The van der Waals surface area contributed by atoms with Crippen molar-refractivity contribution in [1.82, 2.24) is 5.32 Å². The molecule has 7 nitrogen and oxygen atoms in total. The number of nitrogens with one attached hydrogen (secondary N) is 1. The highest BCUT2D eigenvalue weighted by molar-refractivity contribution is 7.94. The Hall–Kier alpha value is -1.80. The zero-order valence-electron chi connectivity index (χ0n) is 11.4. The van der Waals surface area contributed by atoms with E-state index in [2.05, 4.69) is 10.1 Å². The van der Waals surface area contributed by atoms with Gasteiger partial charge in [-0.1, -0.05) is 12.1 Å². The number of fused-ring (bicyclic) bond motifs is 1. The van der Waals surface area contributed by atoms with Gasteiger partial charge in [0.2, 0.25) is 5.91 Å². The first-order chi connectivity index (χ1) is 9.48. The molecule has 1 aromatic rings. The Morgan fingerprint density at radius 3 is 2.60 bits per heavy atom. The predicted molar refractivity (Wildman–Crippen MR) is 76.0 cm³/mol. The summed E-state index contributed by atoms with van der Waals surface area (Å²) in [5.74, 6) is -0.272. The average molecular weight is 299 g/mol. The molecule has 0 unspecified atom stereocenters. The number of carbonyl (C=O) groups excluding carboxylic acids is 1. The summed E-state index contributed by atoms with van der Waals surface area (Å²) in [6.07, 6.45) is 0. The lowest BCUT2D eigenvalue weighted by molar-refractivity contribution is -0.124. The van der Waals surface area contributed by atoms with Gasteiger partial charge in [0.1, 0.15) is 6.61 Å². The topological polar surface area (TPSA) is 79.0 Å². The van der Waals surface area contributed by atoms with E-state index in [-0.39, 0.29) is 25.6 Å². The molecule has 1 heterocycles. The smallest absolute Gasteiger partial charge is 0.326 e. The normalized spacial score (nSPS) is 16.1. The number of benzene rings is 1. The Balaban J connectivity index is 2.09. The third kappa shape index (κ3) is 2.56. The van der Waals surface area contributed by atoms with E-state index in [1.165, 1.54) is 22.8 Å². The maximum atomic E-state index is 12.3. The van der Waals surface area contributed by atoms with Gasteiger partial charge in [-0.2, -0.15) is 8.42 Å². The number of nitrogens with zero attached hydrogens (tertiary/aromatic N) is 2. The molecule has 2 rings (SSSR count). The molecule has 0 bridgehead atoms. The first-order valence-corrected chi connectivity index (χ1v) is 7.49. The highest BCUT2D eigenvalue weighted by atomic mass is 32.2. The number of hydrogen-bond donors (Lipinski definition) is 1. The van der Waals surface area contributed by atoms with E-state index in [0.29, 0.717) is 11.4 Å². The number of amides is 1. The van der Waals surface area contributed by atoms with Crippen LogP contribution in [0.15, 0.2) is 24.3 Å². The van der Waals surface area contributed by atoms with Gasteiger partial charge in [0.05, 0.1) is 17.9 Å². The minimum Gasteiger partial charge on any atom is -0.375 e. The van der Waals surface area contributed by atoms with Crippen molar-refractivity contribution in [2.75, 3.05) is 42.5 Å². The number of rotatable bonds is 5. The van der Waals surface area contributed by atoms with E-state index in [0.717, 1.165) is 0 Å². The summed E-state index contributed by atoms with van der Waals surface area (Å²) in [5.41, 5.74) is 1.26. The zero-order chi connectivity index (χ0) is 14.8. The Morgan fingerprint density at radius 2 is 1.95 bits per heavy atom. The second-order valence-electron chi connectivity index (χ2n) is 4.32. The second-order valence-corrected chi connectivity index (χ2v) is 6.20. The molecule has 0 saturated heterocycles. The van der Waals surface area contributed by atoms with E-state index in [1.54, 1.807) is 24.3 Å². The summed E-state index contributed by atoms with van der Waals surface area (Å²) in [7, 11) is -0.613. The number of ether oxygens (including phenoxy) is 1. The van der Waals surface area contributed by atoms with Crippen molar-refractivity contribution in [2.45, 2.75) is 0 Å². The number of methoxy groups -OCH3 is 1. The van der Waals surface area contributed by atoms with Crippen LogP contribution in [0.5, 0.6) is 0 Å². The molecule has 0 aromatic heterocycles. The third-order valence-electron chi connectivity index (χ3n) is 3.03. The number of carbonyl (C=O) groups is 1. The summed E-state index contributed by atoms with van der Waals surface area (Å²) in [4.78, 5) is 11.3. The van der Waals surface area contributed by atoms with E-state index in [1.807, 2.05) is 0 Å². The van der Waals surface area contributed by atoms with Crippen LogP contribution in [0.2, 0.25) is 0 Å². The van der Waals surface area contributed by atoms with Crippen LogP contribution in [0.25, 0.3) is 0 Å². The molecule has 8 heteroatoms. The molecular formula is C12H17N3O4S. The molecule has 1 N–H and O–H groups in total. The van der Waals surface area contributed by atoms with Crippen LogP contribution in [0, 0.1) is 0 Å². The van der Waals surface area contributed by atoms with Crippen molar-refractivity contribution in [3.63, 3.8) is 0 Å². The molecule has 0 spiro atoms. The van der Waals surface area contributed by atoms with Crippen LogP contribution in [0.4, 0.5) is 11.4 Å². The van der Waals surface area contributed by atoms with E-state index in [4.69, 9.17) is 0 Å². The minimum absolute atomic E-state index is 0.0385. The van der Waals surface area contributed by atoms with E-state index >= 15 is 0 Å². The molecule has 0 atom stereocenters. The second kappa shape index (κ2) is 5.68. The van der Waals surface area contributed by atoms with Crippen LogP contribution >= 0.6 is 0 Å². The molecular weight excluding hydrogens is 282 g/mol. The molecule has 0 radical (unpaired) electrons. The summed E-state index contributed by atoms with van der Waals surface area (Å²) in [6.45, 7) is 0.367. The van der Waals surface area contributed by atoms with Crippen LogP contribution in [-0.4, -0.2) is 48.2 Å². The number of hydrogen-bond acceptors (Lipinski definition) is 4. The molecule has 20 heavy (non-hydrogen) atoms. The lowest BCUT2D eigenvalue weighted by Gasteiger charge is -2.19. The van der Waals surface area contributed by atoms with Crippen molar-refractivity contribution in [3.8, 4) is 0 Å². The molecule has 1 aliphatic heterocycles. The van der Waals surface area contributed by atoms with Gasteiger partial charge < -0.3 is 10.1 Å². The standard InChI is InChI=1S/C12H17N3O4S/c1-14-10-5-3-4-6-11(10)15(20(14,17)18)8-7-13-12(16)9-19-2/h3-6H,7-9H2,1-2H3,(H,13,16). The van der Waals surface area contributed by atoms with Crippen molar-refractivity contribution in [1.29, 1.82) is 0 Å². The molecule has 1 aromatic carbocycles. The van der Waals surface area contributed by atoms with Gasteiger partial charge in [-0.3, -0.25) is 9.10 Å². The summed E-state index contributed by atoms with van der Waals surface area (Å²) >= 11 is 0. The molecule has 0 aliphatic carbocycles. The van der Waals surface area contributed by atoms with Gasteiger partial charge in [0.25, 0.3) is 0 Å². The largest absolute Gasteiger partial charge is 0.375 e. The van der Waals surface area contributed by atoms with Gasteiger partial charge in [0.15, 0.2) is 0 Å². The molecule has 1 aliphatic rings. The monoisotopic (exact) mass is 299 g/mol. The quantitative estimate of drug-likeness (QED) is 0.827. The Labute approximate surface area is 118 Å².